The van der Waals surface area contributed by atoms with Gasteiger partial charge in [0.05, 0.1) is 5.69 Å². The van der Waals surface area contributed by atoms with E-state index in [2.05, 4.69) is 36.9 Å². The highest BCUT2D eigenvalue weighted by atomic mass is 32.2. The van der Waals surface area contributed by atoms with Gasteiger partial charge in [0, 0.05) is 18.0 Å². The number of anilines is 1. The number of rotatable bonds is 8. The molecule has 0 aliphatic carbocycles. The van der Waals surface area contributed by atoms with Crippen LogP contribution in [0.2, 0.25) is 0 Å². The Balaban J connectivity index is 1.81. The number of amides is 1. The van der Waals surface area contributed by atoms with Crippen molar-refractivity contribution < 1.29 is 4.79 Å². The molecule has 27 heavy (non-hydrogen) atoms. The van der Waals surface area contributed by atoms with E-state index in [1.807, 2.05) is 6.92 Å². The first-order valence-electron chi connectivity index (χ1n) is 9.90. The molecule has 6 heteroatoms. The van der Waals surface area contributed by atoms with Gasteiger partial charge in [0.15, 0.2) is 0 Å². The highest BCUT2D eigenvalue weighted by Gasteiger charge is 2.38. The Kier molecular flexibility index (Phi) is 7.29. The lowest BCUT2D eigenvalue weighted by atomic mass is 10.1. The van der Waals surface area contributed by atoms with Crippen molar-refractivity contribution >= 4 is 51.7 Å². The Labute approximate surface area is 176 Å². The number of nitrogens with zero attached hydrogens (tertiary/aromatic N) is 2. The quantitative estimate of drug-likeness (QED) is 0.278. The van der Waals surface area contributed by atoms with Crippen LogP contribution in [0, 0.1) is 6.92 Å². The zero-order valence-electron chi connectivity index (χ0n) is 16.4. The summed E-state index contributed by atoms with van der Waals surface area (Å²) in [4.78, 5) is 19.0. The summed E-state index contributed by atoms with van der Waals surface area (Å²) < 4.78 is 0.678. The molecule has 1 saturated heterocycles. The summed E-state index contributed by atoms with van der Waals surface area (Å²) in [5, 5.41) is 1.07. The number of hydrogen-bond donors (Lipinski definition) is 0. The molecule has 0 unspecified atom stereocenters. The molecule has 2 aliphatic heterocycles. The van der Waals surface area contributed by atoms with Crippen LogP contribution < -0.4 is 4.90 Å². The van der Waals surface area contributed by atoms with E-state index in [0.29, 0.717) is 10.9 Å². The first-order valence-corrected chi connectivity index (χ1v) is 11.9. The van der Waals surface area contributed by atoms with Crippen molar-refractivity contribution in [1.29, 1.82) is 0 Å². The third-order valence-electron chi connectivity index (χ3n) is 4.95. The van der Waals surface area contributed by atoms with Gasteiger partial charge < -0.3 is 4.90 Å². The largest absolute Gasteiger partial charge is 0.334 e. The number of thiocarbonyl (C=S) groups is 1. The zero-order chi connectivity index (χ0) is 19.4. The van der Waals surface area contributed by atoms with Crippen molar-refractivity contribution in [2.75, 3.05) is 18.0 Å². The number of likely N-dealkylation sites (N-methyl/N-ethyl adjacent to an activating group) is 1. The second-order valence-electron chi connectivity index (χ2n) is 7.04. The fraction of sp³-hybridized carbons (Fsp3) is 0.524. The van der Waals surface area contributed by atoms with E-state index >= 15 is 0 Å². The van der Waals surface area contributed by atoms with Gasteiger partial charge in [-0.25, -0.2) is 0 Å². The molecule has 0 bridgehead atoms. The topological polar surface area (TPSA) is 23.6 Å². The number of hydrogen-bond acceptors (Lipinski definition) is 5. The van der Waals surface area contributed by atoms with Gasteiger partial charge in [0.1, 0.15) is 14.3 Å². The minimum absolute atomic E-state index is 0.0625. The van der Waals surface area contributed by atoms with Gasteiger partial charge in [-0.05, 0) is 38.0 Å². The van der Waals surface area contributed by atoms with E-state index < -0.39 is 0 Å². The minimum atomic E-state index is 0.0625. The van der Waals surface area contributed by atoms with Crippen molar-refractivity contribution in [2.24, 2.45) is 0 Å². The molecule has 1 fully saturated rings. The molecule has 1 amide bonds. The standard InChI is InChI=1S/C21H28N2OS3/c1-4-6-7-8-9-10-13-23-16-12-11-15(3)14-17(16)26-20(23)18-19(24)22(5-2)21(25)27-18/h11-12,14H,4-10,13H2,1-3H3/b20-18+. The monoisotopic (exact) mass is 420 g/mol. The van der Waals surface area contributed by atoms with Crippen molar-refractivity contribution in [3.63, 3.8) is 0 Å². The van der Waals surface area contributed by atoms with Crippen LogP contribution in [0.3, 0.4) is 0 Å². The molecule has 3 nitrogen and oxygen atoms in total. The Morgan fingerprint density at radius 3 is 2.44 bits per heavy atom. The normalized spacial score (nSPS) is 19.4. The van der Waals surface area contributed by atoms with E-state index in [-0.39, 0.29) is 5.91 Å². The summed E-state index contributed by atoms with van der Waals surface area (Å²) in [5.41, 5.74) is 2.49. The fourth-order valence-corrected chi connectivity index (χ4v) is 6.25. The third kappa shape index (κ3) is 4.54. The number of carbonyl (C=O) groups excluding carboxylic acids is 1. The van der Waals surface area contributed by atoms with Crippen molar-refractivity contribution in [1.82, 2.24) is 4.90 Å². The number of unbranched alkanes of at least 4 members (excludes halogenated alkanes) is 5. The van der Waals surface area contributed by atoms with Gasteiger partial charge in [-0.1, -0.05) is 80.8 Å². The zero-order valence-corrected chi connectivity index (χ0v) is 18.9. The van der Waals surface area contributed by atoms with Crippen LogP contribution in [0.15, 0.2) is 33.0 Å². The minimum Gasteiger partial charge on any atom is -0.334 e. The highest BCUT2D eigenvalue weighted by Crippen LogP contribution is 2.51. The van der Waals surface area contributed by atoms with E-state index in [0.717, 1.165) is 22.9 Å². The van der Waals surface area contributed by atoms with Crippen LogP contribution in [-0.2, 0) is 4.79 Å². The number of thioether (sulfide) groups is 2. The lowest BCUT2D eigenvalue weighted by molar-refractivity contribution is -0.122. The Morgan fingerprint density at radius 1 is 1.00 bits per heavy atom. The smallest absolute Gasteiger partial charge is 0.268 e. The van der Waals surface area contributed by atoms with Crippen LogP contribution in [0.5, 0.6) is 0 Å². The van der Waals surface area contributed by atoms with E-state index in [1.165, 1.54) is 60.0 Å². The van der Waals surface area contributed by atoms with E-state index in [9.17, 15) is 4.79 Å². The van der Waals surface area contributed by atoms with Gasteiger partial charge in [0.2, 0.25) is 0 Å². The molecule has 3 rings (SSSR count). The van der Waals surface area contributed by atoms with Gasteiger partial charge in [-0.3, -0.25) is 9.69 Å². The number of carbonyl (C=O) groups is 1. The summed E-state index contributed by atoms with van der Waals surface area (Å²) in [6, 6.07) is 6.58. The number of benzene rings is 1. The Morgan fingerprint density at radius 2 is 1.74 bits per heavy atom. The molecule has 2 aliphatic rings. The first kappa shape index (κ1) is 20.7. The second-order valence-corrected chi connectivity index (χ2v) is 9.72. The van der Waals surface area contributed by atoms with E-state index in [1.54, 1.807) is 16.7 Å². The summed E-state index contributed by atoms with van der Waals surface area (Å²) >= 11 is 8.61. The maximum atomic E-state index is 12.9. The average Bonchev–Trinajstić information content (AvgIpc) is 3.14. The average molecular weight is 421 g/mol. The fourth-order valence-electron chi connectivity index (χ4n) is 3.44. The molecule has 0 aromatic heterocycles. The molecule has 0 saturated carbocycles. The van der Waals surface area contributed by atoms with Gasteiger partial charge >= 0.3 is 0 Å². The van der Waals surface area contributed by atoms with Crippen molar-refractivity contribution in [3.05, 3.63) is 33.7 Å². The van der Waals surface area contributed by atoms with Crippen LogP contribution in [-0.4, -0.2) is 28.2 Å². The molecule has 0 radical (unpaired) electrons. The predicted molar refractivity (Wildman–Crippen MR) is 122 cm³/mol. The maximum Gasteiger partial charge on any atom is 0.268 e. The van der Waals surface area contributed by atoms with E-state index in [4.69, 9.17) is 12.2 Å². The van der Waals surface area contributed by atoms with Gasteiger partial charge in [0.25, 0.3) is 5.91 Å². The second kappa shape index (κ2) is 9.48. The lowest BCUT2D eigenvalue weighted by Crippen LogP contribution is -2.28. The summed E-state index contributed by atoms with van der Waals surface area (Å²) in [6.45, 7) is 7.94. The molecular weight excluding hydrogens is 392 g/mol. The first-order chi connectivity index (χ1) is 13.1. The highest BCUT2D eigenvalue weighted by molar-refractivity contribution is 8.27. The SMILES string of the molecule is CCCCCCCCN1/C(=C2\SC(=S)N(CC)C2=O)Sc2cc(C)ccc21. The van der Waals surface area contributed by atoms with Crippen LogP contribution in [0.1, 0.15) is 57.9 Å². The molecule has 0 spiro atoms. The van der Waals surface area contributed by atoms with Crippen molar-refractivity contribution in [2.45, 2.75) is 64.2 Å². The molecule has 0 atom stereocenters. The molecule has 146 valence electrons. The molecule has 0 N–H and O–H groups in total. The predicted octanol–water partition coefficient (Wildman–Crippen LogP) is 6.32. The molecular formula is C21H28N2OS3. The summed E-state index contributed by atoms with van der Waals surface area (Å²) in [7, 11) is 0. The van der Waals surface area contributed by atoms with Crippen molar-refractivity contribution in [3.8, 4) is 0 Å². The summed E-state index contributed by atoms with van der Waals surface area (Å²) in [6.07, 6.45) is 7.61. The molecule has 1 aromatic rings. The number of aryl methyl sites for hydroxylation is 1. The summed E-state index contributed by atoms with van der Waals surface area (Å²) in [5.74, 6) is 0.0625. The Hall–Kier alpha value is -0.980. The van der Waals surface area contributed by atoms with Crippen LogP contribution >= 0.6 is 35.7 Å². The van der Waals surface area contributed by atoms with Gasteiger partial charge in [-0.2, -0.15) is 0 Å². The number of fused-ring (bicyclic) bond motifs is 1. The maximum absolute atomic E-state index is 12.9. The third-order valence-corrected chi connectivity index (χ3v) is 7.68. The van der Waals surface area contributed by atoms with Crippen LogP contribution in [0.25, 0.3) is 0 Å². The lowest BCUT2D eigenvalue weighted by Gasteiger charge is -2.21. The molecule has 1 aromatic carbocycles. The molecule has 2 heterocycles. The Bertz CT molecular complexity index is 760. The van der Waals surface area contributed by atoms with Gasteiger partial charge in [-0.15, -0.1) is 0 Å². The van der Waals surface area contributed by atoms with Crippen LogP contribution in [0.4, 0.5) is 5.69 Å².